The predicted molar refractivity (Wildman–Crippen MR) is 122 cm³/mol. The molecular weight excluding hydrogens is 408 g/mol. The van der Waals surface area contributed by atoms with E-state index in [4.69, 9.17) is 4.52 Å². The lowest BCUT2D eigenvalue weighted by Gasteiger charge is -2.05. The molecule has 0 unspecified atom stereocenters. The summed E-state index contributed by atoms with van der Waals surface area (Å²) < 4.78 is 9.82. The lowest BCUT2D eigenvalue weighted by atomic mass is 10.1. The third-order valence-corrected chi connectivity index (χ3v) is 6.18. The van der Waals surface area contributed by atoms with Crippen molar-refractivity contribution in [2.45, 2.75) is 37.8 Å². The number of aromatic nitrogens is 6. The first-order chi connectivity index (χ1) is 15.3. The fraction of sp³-hybridized carbons (Fsp3) is 0.217. The predicted octanol–water partition coefficient (Wildman–Crippen LogP) is 5.28. The zero-order valence-electron chi connectivity index (χ0n) is 17.4. The van der Waals surface area contributed by atoms with Gasteiger partial charge in [0.05, 0.1) is 5.75 Å². The summed E-state index contributed by atoms with van der Waals surface area (Å²) in [5.41, 5.74) is 3.25. The van der Waals surface area contributed by atoms with Gasteiger partial charge in [0.2, 0.25) is 11.7 Å². The molecule has 0 saturated heterocycles. The normalized spacial score (nSPS) is 11.4. The van der Waals surface area contributed by atoms with E-state index in [0.717, 1.165) is 35.2 Å². The first kappa shape index (κ1) is 19.6. The Morgan fingerprint density at radius 3 is 2.55 bits per heavy atom. The average Bonchev–Trinajstić information content (AvgIpc) is 3.54. The number of rotatable bonds is 7. The summed E-state index contributed by atoms with van der Waals surface area (Å²) in [6.45, 7) is 5.94. The fourth-order valence-corrected chi connectivity index (χ4v) is 4.55. The zero-order valence-corrected chi connectivity index (χ0v) is 18.2. The van der Waals surface area contributed by atoms with E-state index in [1.807, 2.05) is 30.3 Å². The van der Waals surface area contributed by atoms with E-state index in [0.29, 0.717) is 17.5 Å². The van der Waals surface area contributed by atoms with Gasteiger partial charge in [-0.15, -0.1) is 10.2 Å². The number of fused-ring (bicyclic) bond motifs is 1. The molecule has 0 amide bonds. The van der Waals surface area contributed by atoms with Crippen molar-refractivity contribution in [3.63, 3.8) is 0 Å². The lowest BCUT2D eigenvalue weighted by Crippen LogP contribution is -2.00. The SMILES string of the molecule is CCn1c(SCc2nc(-c3ccccc3)no2)nnc1-c1cn(CC)c2ccccc12. The van der Waals surface area contributed by atoms with Gasteiger partial charge in [0, 0.05) is 41.3 Å². The van der Waals surface area contributed by atoms with Crippen LogP contribution in [0.1, 0.15) is 19.7 Å². The highest BCUT2D eigenvalue weighted by Crippen LogP contribution is 2.32. The van der Waals surface area contributed by atoms with Crippen LogP contribution in [0.3, 0.4) is 0 Å². The largest absolute Gasteiger partial charge is 0.347 e. The Balaban J connectivity index is 1.41. The molecule has 0 aliphatic heterocycles. The maximum atomic E-state index is 5.44. The first-order valence-corrected chi connectivity index (χ1v) is 11.3. The molecule has 0 saturated carbocycles. The van der Waals surface area contributed by atoms with Crippen LogP contribution in [0.4, 0.5) is 0 Å². The molecule has 8 heteroatoms. The number of thioether (sulfide) groups is 1. The highest BCUT2D eigenvalue weighted by Gasteiger charge is 2.19. The minimum absolute atomic E-state index is 0.536. The minimum atomic E-state index is 0.536. The summed E-state index contributed by atoms with van der Waals surface area (Å²) in [4.78, 5) is 4.51. The van der Waals surface area contributed by atoms with E-state index >= 15 is 0 Å². The molecule has 0 fully saturated rings. The summed E-state index contributed by atoms with van der Waals surface area (Å²) in [6.07, 6.45) is 2.17. The summed E-state index contributed by atoms with van der Waals surface area (Å²) in [6, 6.07) is 18.2. The zero-order chi connectivity index (χ0) is 21.2. The third-order valence-electron chi connectivity index (χ3n) is 5.23. The van der Waals surface area contributed by atoms with Crippen molar-refractivity contribution in [1.29, 1.82) is 0 Å². The second-order valence-corrected chi connectivity index (χ2v) is 8.01. The Hall–Kier alpha value is -3.39. The summed E-state index contributed by atoms with van der Waals surface area (Å²) in [5, 5.41) is 15.1. The van der Waals surface area contributed by atoms with E-state index in [9.17, 15) is 0 Å². The summed E-state index contributed by atoms with van der Waals surface area (Å²) in [7, 11) is 0. The van der Waals surface area contributed by atoms with Gasteiger partial charge in [-0.25, -0.2) is 0 Å². The van der Waals surface area contributed by atoms with Crippen LogP contribution in [0, 0.1) is 0 Å². The fourth-order valence-electron chi connectivity index (χ4n) is 3.71. The van der Waals surface area contributed by atoms with Crippen LogP contribution >= 0.6 is 11.8 Å². The molecule has 0 spiro atoms. The maximum Gasteiger partial charge on any atom is 0.237 e. The number of benzene rings is 2. The number of hydrogen-bond donors (Lipinski definition) is 0. The molecule has 7 nitrogen and oxygen atoms in total. The molecule has 0 bridgehead atoms. The van der Waals surface area contributed by atoms with Crippen LogP contribution < -0.4 is 0 Å². The minimum Gasteiger partial charge on any atom is -0.347 e. The number of nitrogens with zero attached hydrogens (tertiary/aromatic N) is 6. The van der Waals surface area contributed by atoms with Gasteiger partial charge in [-0.2, -0.15) is 4.98 Å². The van der Waals surface area contributed by atoms with Gasteiger partial charge in [-0.3, -0.25) is 0 Å². The second-order valence-electron chi connectivity index (χ2n) is 7.06. The molecule has 0 radical (unpaired) electrons. The van der Waals surface area contributed by atoms with Gasteiger partial charge in [0.25, 0.3) is 0 Å². The highest BCUT2D eigenvalue weighted by atomic mass is 32.2. The first-order valence-electron chi connectivity index (χ1n) is 10.3. The monoisotopic (exact) mass is 430 g/mol. The Labute approximate surface area is 184 Å². The number of aryl methyl sites for hydroxylation is 1. The van der Waals surface area contributed by atoms with Gasteiger partial charge in [-0.05, 0) is 19.9 Å². The standard InChI is InChI=1S/C23H22N6OS/c1-3-28-14-18(17-12-8-9-13-19(17)28)22-25-26-23(29(22)4-2)31-15-20-24-21(27-30-20)16-10-6-5-7-11-16/h5-14H,3-4,15H2,1-2H3. The Morgan fingerprint density at radius 1 is 0.935 bits per heavy atom. The third kappa shape index (κ3) is 3.63. The Kier molecular flexibility index (Phi) is 5.30. The average molecular weight is 431 g/mol. The Morgan fingerprint density at radius 2 is 1.74 bits per heavy atom. The van der Waals surface area contributed by atoms with E-state index in [-0.39, 0.29) is 0 Å². The summed E-state index contributed by atoms with van der Waals surface area (Å²) in [5.74, 6) is 2.58. The molecule has 0 aliphatic carbocycles. The van der Waals surface area contributed by atoms with E-state index < -0.39 is 0 Å². The Bertz CT molecular complexity index is 1320. The number of hydrogen-bond acceptors (Lipinski definition) is 6. The van der Waals surface area contributed by atoms with Gasteiger partial charge < -0.3 is 13.7 Å². The van der Waals surface area contributed by atoms with Crippen molar-refractivity contribution in [2.24, 2.45) is 0 Å². The van der Waals surface area contributed by atoms with Gasteiger partial charge in [0.15, 0.2) is 11.0 Å². The van der Waals surface area contributed by atoms with Gasteiger partial charge in [0.1, 0.15) is 0 Å². The van der Waals surface area contributed by atoms with E-state index in [1.54, 1.807) is 11.8 Å². The van der Waals surface area contributed by atoms with Crippen molar-refractivity contribution in [2.75, 3.05) is 0 Å². The van der Waals surface area contributed by atoms with E-state index in [2.05, 4.69) is 73.8 Å². The topological polar surface area (TPSA) is 74.6 Å². The van der Waals surface area contributed by atoms with Crippen molar-refractivity contribution in [1.82, 2.24) is 29.5 Å². The molecule has 0 N–H and O–H groups in total. The van der Waals surface area contributed by atoms with Crippen LogP contribution in [0.25, 0.3) is 33.7 Å². The molecule has 5 rings (SSSR count). The molecule has 156 valence electrons. The molecule has 0 aliphatic rings. The molecule has 5 aromatic rings. The molecule has 3 aromatic heterocycles. The molecule has 31 heavy (non-hydrogen) atoms. The quantitative estimate of drug-likeness (QED) is 0.327. The van der Waals surface area contributed by atoms with E-state index in [1.165, 1.54) is 10.9 Å². The second kappa shape index (κ2) is 8.39. The van der Waals surface area contributed by atoms with Gasteiger partial charge in [-0.1, -0.05) is 65.4 Å². The molecular formula is C23H22N6OS. The van der Waals surface area contributed by atoms with Gasteiger partial charge >= 0.3 is 0 Å². The van der Waals surface area contributed by atoms with Crippen LogP contribution in [0.2, 0.25) is 0 Å². The number of para-hydroxylation sites is 1. The van der Waals surface area contributed by atoms with Crippen LogP contribution in [0.15, 0.2) is 70.5 Å². The highest BCUT2D eigenvalue weighted by molar-refractivity contribution is 7.98. The molecule has 3 heterocycles. The smallest absolute Gasteiger partial charge is 0.237 e. The summed E-state index contributed by atoms with van der Waals surface area (Å²) >= 11 is 1.55. The van der Waals surface area contributed by atoms with Crippen LogP contribution in [-0.2, 0) is 18.8 Å². The van der Waals surface area contributed by atoms with Crippen molar-refractivity contribution >= 4 is 22.7 Å². The molecule has 0 atom stereocenters. The van der Waals surface area contributed by atoms with Crippen LogP contribution in [-0.4, -0.2) is 29.5 Å². The van der Waals surface area contributed by atoms with Crippen molar-refractivity contribution in [3.05, 3.63) is 66.7 Å². The maximum absolute atomic E-state index is 5.44. The molecule has 2 aromatic carbocycles. The van der Waals surface area contributed by atoms with Crippen molar-refractivity contribution < 1.29 is 4.52 Å². The van der Waals surface area contributed by atoms with Crippen molar-refractivity contribution in [3.8, 4) is 22.8 Å². The van der Waals surface area contributed by atoms with Crippen LogP contribution in [0.5, 0.6) is 0 Å². The lowest BCUT2D eigenvalue weighted by molar-refractivity contribution is 0.391.